The van der Waals surface area contributed by atoms with Crippen molar-refractivity contribution < 1.29 is 14.6 Å². The molecule has 1 aromatic rings. The van der Waals surface area contributed by atoms with Crippen molar-refractivity contribution >= 4 is 0 Å². The minimum absolute atomic E-state index is 0.0717. The summed E-state index contributed by atoms with van der Waals surface area (Å²) in [6.07, 6.45) is 1.68. The first kappa shape index (κ1) is 15.5. The van der Waals surface area contributed by atoms with E-state index in [1.54, 1.807) is 6.26 Å². The quantitative estimate of drug-likeness (QED) is 0.598. The lowest BCUT2D eigenvalue weighted by Crippen LogP contribution is -2.48. The molecule has 1 saturated heterocycles. The maximum absolute atomic E-state index is 9.24. The van der Waals surface area contributed by atoms with Crippen LogP contribution in [0.25, 0.3) is 0 Å². The van der Waals surface area contributed by atoms with Gasteiger partial charge in [0.05, 0.1) is 25.5 Å². The Bertz CT molecular complexity index is 347. The van der Waals surface area contributed by atoms with E-state index < -0.39 is 0 Å². The molecule has 6 nitrogen and oxygen atoms in total. The van der Waals surface area contributed by atoms with Gasteiger partial charge in [0.1, 0.15) is 5.76 Å². The SMILES string of the molecule is OCCN(CCO)C(CN1CCNCC1)c1ccco1. The molecule has 0 radical (unpaired) electrons. The zero-order chi connectivity index (χ0) is 14.2. The van der Waals surface area contributed by atoms with Crippen LogP contribution in [0.4, 0.5) is 0 Å². The lowest BCUT2D eigenvalue weighted by molar-refractivity contribution is 0.0797. The van der Waals surface area contributed by atoms with Crippen molar-refractivity contribution in [3.8, 4) is 0 Å². The van der Waals surface area contributed by atoms with Crippen LogP contribution < -0.4 is 5.32 Å². The maximum atomic E-state index is 9.24. The summed E-state index contributed by atoms with van der Waals surface area (Å²) in [5.74, 6) is 0.894. The molecule has 1 atom stereocenters. The van der Waals surface area contributed by atoms with Gasteiger partial charge in [-0.1, -0.05) is 0 Å². The number of rotatable bonds is 8. The molecule has 0 bridgehead atoms. The summed E-state index contributed by atoms with van der Waals surface area (Å²) < 4.78 is 5.56. The number of nitrogens with zero attached hydrogens (tertiary/aromatic N) is 2. The van der Waals surface area contributed by atoms with Crippen LogP contribution in [0.15, 0.2) is 22.8 Å². The molecule has 114 valence electrons. The molecule has 0 amide bonds. The normalized spacial score (nSPS) is 18.6. The van der Waals surface area contributed by atoms with E-state index in [9.17, 15) is 10.2 Å². The van der Waals surface area contributed by atoms with Crippen LogP contribution in [0.2, 0.25) is 0 Å². The Morgan fingerprint density at radius 3 is 2.50 bits per heavy atom. The summed E-state index contributed by atoms with van der Waals surface area (Å²) in [7, 11) is 0. The second-order valence-electron chi connectivity index (χ2n) is 5.07. The highest BCUT2D eigenvalue weighted by Gasteiger charge is 2.25. The van der Waals surface area contributed by atoms with E-state index in [1.807, 2.05) is 12.1 Å². The molecule has 20 heavy (non-hydrogen) atoms. The Hall–Kier alpha value is -0.920. The van der Waals surface area contributed by atoms with Crippen LogP contribution in [0, 0.1) is 0 Å². The van der Waals surface area contributed by atoms with E-state index in [1.165, 1.54) is 0 Å². The van der Waals surface area contributed by atoms with Crippen LogP contribution in [0.1, 0.15) is 11.8 Å². The third kappa shape index (κ3) is 4.29. The summed E-state index contributed by atoms with van der Waals surface area (Å²) in [6, 6.07) is 3.92. The molecule has 3 N–H and O–H groups in total. The smallest absolute Gasteiger partial charge is 0.122 e. The van der Waals surface area contributed by atoms with Gasteiger partial charge in [-0.15, -0.1) is 0 Å². The average molecular weight is 283 g/mol. The monoisotopic (exact) mass is 283 g/mol. The van der Waals surface area contributed by atoms with Gasteiger partial charge in [0.25, 0.3) is 0 Å². The fraction of sp³-hybridized carbons (Fsp3) is 0.714. The highest BCUT2D eigenvalue weighted by atomic mass is 16.3. The summed E-state index contributed by atoms with van der Waals surface area (Å²) in [5, 5.41) is 21.8. The first-order valence-corrected chi connectivity index (χ1v) is 7.27. The lowest BCUT2D eigenvalue weighted by Gasteiger charge is -2.35. The van der Waals surface area contributed by atoms with Gasteiger partial charge in [-0.25, -0.2) is 0 Å². The van der Waals surface area contributed by atoms with E-state index in [2.05, 4.69) is 15.1 Å². The number of furan rings is 1. The number of nitrogens with one attached hydrogen (secondary N) is 1. The van der Waals surface area contributed by atoms with Crippen LogP contribution in [0.5, 0.6) is 0 Å². The molecule has 2 heterocycles. The van der Waals surface area contributed by atoms with Crippen LogP contribution in [0.3, 0.4) is 0 Å². The molecule has 0 aromatic carbocycles. The molecule has 1 aromatic heterocycles. The van der Waals surface area contributed by atoms with Gasteiger partial charge in [0.15, 0.2) is 0 Å². The van der Waals surface area contributed by atoms with E-state index in [4.69, 9.17) is 4.42 Å². The summed E-state index contributed by atoms with van der Waals surface area (Å²) >= 11 is 0. The lowest BCUT2D eigenvalue weighted by atomic mass is 10.1. The number of piperazine rings is 1. The molecular formula is C14H25N3O3. The molecule has 1 unspecified atom stereocenters. The Balaban J connectivity index is 2.06. The first-order valence-electron chi connectivity index (χ1n) is 7.27. The largest absolute Gasteiger partial charge is 0.468 e. The van der Waals surface area contributed by atoms with Crippen molar-refractivity contribution in [2.24, 2.45) is 0 Å². The predicted molar refractivity (Wildman–Crippen MR) is 76.5 cm³/mol. The van der Waals surface area contributed by atoms with Gasteiger partial charge in [0.2, 0.25) is 0 Å². The van der Waals surface area contributed by atoms with Crippen molar-refractivity contribution in [2.45, 2.75) is 6.04 Å². The summed E-state index contributed by atoms with van der Waals surface area (Å²) in [4.78, 5) is 4.48. The highest BCUT2D eigenvalue weighted by Crippen LogP contribution is 2.22. The second-order valence-corrected chi connectivity index (χ2v) is 5.07. The molecule has 1 aliphatic heterocycles. The Kier molecular flexibility index (Phi) is 6.49. The van der Waals surface area contributed by atoms with Gasteiger partial charge < -0.3 is 19.9 Å². The molecule has 6 heteroatoms. The molecule has 0 spiro atoms. The third-order valence-electron chi connectivity index (χ3n) is 3.73. The zero-order valence-corrected chi connectivity index (χ0v) is 11.9. The Labute approximate surface area is 120 Å². The maximum Gasteiger partial charge on any atom is 0.122 e. The van der Waals surface area contributed by atoms with E-state index in [0.717, 1.165) is 38.5 Å². The second kappa shape index (κ2) is 8.39. The number of aliphatic hydroxyl groups excluding tert-OH is 2. The van der Waals surface area contributed by atoms with Crippen molar-refractivity contribution in [1.82, 2.24) is 15.1 Å². The van der Waals surface area contributed by atoms with Gasteiger partial charge in [-0.3, -0.25) is 9.80 Å². The number of hydrogen-bond donors (Lipinski definition) is 3. The molecule has 1 aliphatic rings. The minimum Gasteiger partial charge on any atom is -0.468 e. The van der Waals surface area contributed by atoms with Crippen molar-refractivity contribution in [2.75, 3.05) is 59.0 Å². The van der Waals surface area contributed by atoms with Crippen molar-refractivity contribution in [1.29, 1.82) is 0 Å². The number of hydrogen-bond acceptors (Lipinski definition) is 6. The fourth-order valence-electron chi connectivity index (χ4n) is 2.68. The van der Waals surface area contributed by atoms with Crippen LogP contribution >= 0.6 is 0 Å². The topological polar surface area (TPSA) is 72.1 Å². The van der Waals surface area contributed by atoms with Gasteiger partial charge in [-0.2, -0.15) is 0 Å². The summed E-state index contributed by atoms with van der Waals surface area (Å²) in [5.41, 5.74) is 0. The van der Waals surface area contributed by atoms with Crippen molar-refractivity contribution in [3.05, 3.63) is 24.2 Å². The predicted octanol–water partition coefficient (Wildman–Crippen LogP) is -0.487. The first-order chi connectivity index (χ1) is 9.85. The van der Waals surface area contributed by atoms with E-state index in [0.29, 0.717) is 13.1 Å². The standard InChI is InChI=1S/C14H25N3O3/c18-9-7-17(8-10-19)13(14-2-1-11-20-14)12-16-5-3-15-4-6-16/h1-2,11,13,15,18-19H,3-10,12H2. The average Bonchev–Trinajstić information content (AvgIpc) is 3.00. The molecular weight excluding hydrogens is 258 g/mol. The van der Waals surface area contributed by atoms with E-state index in [-0.39, 0.29) is 19.3 Å². The Morgan fingerprint density at radius 2 is 1.95 bits per heavy atom. The van der Waals surface area contributed by atoms with Crippen molar-refractivity contribution in [3.63, 3.8) is 0 Å². The molecule has 0 aliphatic carbocycles. The van der Waals surface area contributed by atoms with E-state index >= 15 is 0 Å². The van der Waals surface area contributed by atoms with Gasteiger partial charge in [0, 0.05) is 45.8 Å². The van der Waals surface area contributed by atoms with Gasteiger partial charge >= 0.3 is 0 Å². The third-order valence-corrected chi connectivity index (χ3v) is 3.73. The number of aliphatic hydroxyl groups is 2. The zero-order valence-electron chi connectivity index (χ0n) is 11.9. The molecule has 2 rings (SSSR count). The highest BCUT2D eigenvalue weighted by molar-refractivity contribution is 5.06. The summed E-state index contributed by atoms with van der Waals surface area (Å²) in [6.45, 7) is 6.14. The fourth-order valence-corrected chi connectivity index (χ4v) is 2.68. The minimum atomic E-state index is 0.0717. The molecule has 1 fully saturated rings. The molecule has 0 saturated carbocycles. The van der Waals surface area contributed by atoms with Crippen LogP contribution in [-0.2, 0) is 0 Å². The Morgan fingerprint density at radius 1 is 1.25 bits per heavy atom. The van der Waals surface area contributed by atoms with Gasteiger partial charge in [-0.05, 0) is 12.1 Å². The van der Waals surface area contributed by atoms with Crippen LogP contribution in [-0.4, -0.2) is 79.0 Å².